The van der Waals surface area contributed by atoms with E-state index >= 15 is 0 Å². The van der Waals surface area contributed by atoms with Crippen molar-refractivity contribution in [3.63, 3.8) is 0 Å². The zero-order valence-corrected chi connectivity index (χ0v) is 6.50. The summed E-state index contributed by atoms with van der Waals surface area (Å²) in [7, 11) is 0. The smallest absolute Gasteiger partial charge is 0.0513 e. The van der Waals surface area contributed by atoms with Crippen molar-refractivity contribution in [1.82, 2.24) is 0 Å². The normalized spacial score (nSPS) is 9.44. The van der Waals surface area contributed by atoms with Crippen LogP contribution < -0.4 is 5.11 Å². The van der Waals surface area contributed by atoms with Crippen LogP contribution in [0, 0.1) is 0 Å². The van der Waals surface area contributed by atoms with Crippen LogP contribution in [0.2, 0.25) is 0 Å². The maximum atomic E-state index is 9.80. The van der Waals surface area contributed by atoms with Crippen LogP contribution in [0.3, 0.4) is 0 Å². The van der Waals surface area contributed by atoms with Gasteiger partial charge in [0.25, 0.3) is 0 Å². The van der Waals surface area contributed by atoms with Gasteiger partial charge in [-0.15, -0.1) is 11.6 Å². The summed E-state index contributed by atoms with van der Waals surface area (Å²) >= 11 is 6.68. The quantitative estimate of drug-likeness (QED) is 0.431. The summed E-state index contributed by atoms with van der Waals surface area (Å²) in [6, 6.07) is 0. The zero-order valence-electron chi connectivity index (χ0n) is 4.93. The van der Waals surface area contributed by atoms with E-state index in [9.17, 15) is 9.90 Å². The molecule has 0 spiro atoms. The van der Waals surface area contributed by atoms with Crippen molar-refractivity contribution in [3.8, 4) is 0 Å². The van der Waals surface area contributed by atoms with Gasteiger partial charge in [0.2, 0.25) is 0 Å². The van der Waals surface area contributed by atoms with Crippen molar-refractivity contribution in [2.45, 2.75) is 6.42 Å². The minimum atomic E-state index is -1.01. The van der Waals surface area contributed by atoms with Crippen LogP contribution in [-0.4, -0.2) is 23.4 Å². The van der Waals surface area contributed by atoms with Gasteiger partial charge in [0, 0.05) is 11.6 Å². The third-order valence-corrected chi connectivity index (χ3v) is 1.93. The molecule has 0 aromatic carbocycles. The number of hydrogen-bond acceptors (Lipinski definition) is 3. The fraction of sp³-hybridized carbons (Fsp3) is 0.800. The predicted octanol–water partition coefficient (Wildman–Crippen LogP) is 0.0984. The summed E-state index contributed by atoms with van der Waals surface area (Å²) < 4.78 is 0. The molecule has 0 atom stereocenters. The lowest BCUT2D eigenvalue weighted by Gasteiger charge is -1.98. The minimum Gasteiger partial charge on any atom is -0.549 e. The van der Waals surface area contributed by atoms with Crippen LogP contribution in [0.4, 0.5) is 0 Å². The van der Waals surface area contributed by atoms with Crippen LogP contribution in [0.1, 0.15) is 6.42 Å². The Morgan fingerprint density at radius 3 is 2.78 bits per heavy atom. The van der Waals surface area contributed by atoms with E-state index < -0.39 is 5.97 Å². The molecule has 0 aliphatic heterocycles. The molecule has 0 bridgehead atoms. The van der Waals surface area contributed by atoms with E-state index in [1.165, 1.54) is 11.8 Å². The molecule has 0 aliphatic carbocycles. The Balaban J connectivity index is 2.83. The molecule has 0 saturated carbocycles. The standard InChI is InChI=1S/C5H9ClO2S/c6-2-1-3-9-4-5(7)8/h1-4H2,(H,7,8)/p-1. The van der Waals surface area contributed by atoms with Crippen molar-refractivity contribution in [2.75, 3.05) is 17.4 Å². The number of aliphatic carboxylic acids is 1. The zero-order chi connectivity index (χ0) is 7.11. The number of hydrogen-bond donors (Lipinski definition) is 0. The topological polar surface area (TPSA) is 40.1 Å². The summed E-state index contributed by atoms with van der Waals surface area (Å²) in [5, 5.41) is 9.80. The molecule has 0 fully saturated rings. The van der Waals surface area contributed by atoms with Gasteiger partial charge in [0.1, 0.15) is 0 Å². The van der Waals surface area contributed by atoms with Gasteiger partial charge in [-0.1, -0.05) is 0 Å². The van der Waals surface area contributed by atoms with Crippen LogP contribution >= 0.6 is 23.4 Å². The van der Waals surface area contributed by atoms with Crippen molar-refractivity contribution < 1.29 is 9.90 Å². The summed E-state index contributed by atoms with van der Waals surface area (Å²) in [5.41, 5.74) is 0. The molecule has 0 heterocycles. The SMILES string of the molecule is O=C([O-])CSCCCCl. The lowest BCUT2D eigenvalue weighted by atomic mass is 10.6. The number of carboxylic acids is 1. The highest BCUT2D eigenvalue weighted by Crippen LogP contribution is 2.01. The fourth-order valence-corrected chi connectivity index (χ4v) is 1.26. The maximum absolute atomic E-state index is 9.80. The van der Waals surface area contributed by atoms with E-state index in [1.807, 2.05) is 0 Å². The molecule has 0 amide bonds. The van der Waals surface area contributed by atoms with Crippen LogP contribution in [0.15, 0.2) is 0 Å². The molecule has 0 radical (unpaired) electrons. The highest BCUT2D eigenvalue weighted by atomic mass is 35.5. The Kier molecular flexibility index (Phi) is 6.31. The van der Waals surface area contributed by atoms with Gasteiger partial charge in [-0.05, 0) is 12.2 Å². The van der Waals surface area contributed by atoms with Crippen LogP contribution in [-0.2, 0) is 4.79 Å². The monoisotopic (exact) mass is 167 g/mol. The third kappa shape index (κ3) is 8.11. The van der Waals surface area contributed by atoms with Crippen molar-refractivity contribution in [3.05, 3.63) is 0 Å². The second-order valence-corrected chi connectivity index (χ2v) is 2.95. The average Bonchev–Trinajstić information content (AvgIpc) is 1.80. The summed E-state index contributed by atoms with van der Waals surface area (Å²) in [4.78, 5) is 9.80. The second kappa shape index (κ2) is 6.23. The first-order valence-electron chi connectivity index (χ1n) is 2.61. The van der Waals surface area contributed by atoms with Gasteiger partial charge in [-0.2, -0.15) is 11.8 Å². The van der Waals surface area contributed by atoms with Crippen LogP contribution in [0.5, 0.6) is 0 Å². The Hall–Kier alpha value is 0.110. The summed E-state index contributed by atoms with van der Waals surface area (Å²) in [6.07, 6.45) is 0.861. The number of halogens is 1. The van der Waals surface area contributed by atoms with Gasteiger partial charge >= 0.3 is 0 Å². The largest absolute Gasteiger partial charge is 0.549 e. The Morgan fingerprint density at radius 2 is 2.33 bits per heavy atom. The molecule has 54 valence electrons. The third-order valence-electron chi connectivity index (χ3n) is 0.642. The molecular weight excluding hydrogens is 160 g/mol. The minimum absolute atomic E-state index is 0.0802. The van der Waals surface area contributed by atoms with Crippen molar-refractivity contribution in [1.29, 1.82) is 0 Å². The van der Waals surface area contributed by atoms with Crippen molar-refractivity contribution in [2.24, 2.45) is 0 Å². The highest BCUT2D eigenvalue weighted by Gasteiger charge is 1.87. The Labute approximate surface area is 63.6 Å². The first-order valence-corrected chi connectivity index (χ1v) is 4.30. The second-order valence-electron chi connectivity index (χ2n) is 1.47. The lowest BCUT2D eigenvalue weighted by molar-refractivity contribution is -0.301. The molecular formula is C5H8ClO2S-. The Morgan fingerprint density at radius 1 is 1.67 bits per heavy atom. The van der Waals surface area contributed by atoms with Gasteiger partial charge < -0.3 is 9.90 Å². The molecule has 0 aromatic rings. The van der Waals surface area contributed by atoms with Gasteiger partial charge in [0.15, 0.2) is 0 Å². The Bertz CT molecular complexity index is 87.0. The number of carboxylic acid groups (broad SMARTS) is 1. The van der Waals surface area contributed by atoms with Gasteiger partial charge in [0.05, 0.1) is 5.97 Å². The van der Waals surface area contributed by atoms with Crippen molar-refractivity contribution >= 4 is 29.3 Å². The molecule has 9 heavy (non-hydrogen) atoms. The first-order chi connectivity index (χ1) is 4.27. The molecule has 0 N–H and O–H groups in total. The average molecular weight is 168 g/mol. The fourth-order valence-electron chi connectivity index (χ4n) is 0.312. The molecule has 0 unspecified atom stereocenters. The summed E-state index contributed by atoms with van der Waals surface area (Å²) in [6.45, 7) is 0. The number of carbonyl (C=O) groups excluding carboxylic acids is 1. The van der Waals surface area contributed by atoms with E-state index in [1.54, 1.807) is 0 Å². The predicted molar refractivity (Wildman–Crippen MR) is 37.7 cm³/mol. The molecule has 0 saturated heterocycles. The number of carbonyl (C=O) groups is 1. The van der Waals surface area contributed by atoms with E-state index in [-0.39, 0.29) is 5.75 Å². The van der Waals surface area contributed by atoms with E-state index in [2.05, 4.69) is 0 Å². The highest BCUT2D eigenvalue weighted by molar-refractivity contribution is 7.99. The molecule has 0 rings (SSSR count). The van der Waals surface area contributed by atoms with E-state index in [0.29, 0.717) is 5.88 Å². The molecule has 4 heteroatoms. The summed E-state index contributed by atoms with van der Waals surface area (Å²) in [5.74, 6) is 0.476. The van der Waals surface area contributed by atoms with E-state index in [4.69, 9.17) is 11.6 Å². The number of alkyl halides is 1. The molecule has 2 nitrogen and oxygen atoms in total. The maximum Gasteiger partial charge on any atom is 0.0513 e. The number of thioether (sulfide) groups is 1. The lowest BCUT2D eigenvalue weighted by Crippen LogP contribution is -2.24. The molecule has 0 aliphatic rings. The van der Waals surface area contributed by atoms with Crippen LogP contribution in [0.25, 0.3) is 0 Å². The van der Waals surface area contributed by atoms with E-state index in [0.717, 1.165) is 12.2 Å². The number of rotatable bonds is 5. The van der Waals surface area contributed by atoms with Gasteiger partial charge in [-0.3, -0.25) is 0 Å². The van der Waals surface area contributed by atoms with Gasteiger partial charge in [-0.25, -0.2) is 0 Å². The first kappa shape index (κ1) is 9.11. The molecule has 0 aromatic heterocycles.